The Morgan fingerprint density at radius 1 is 1.35 bits per heavy atom. The molecule has 0 radical (unpaired) electrons. The van der Waals surface area contributed by atoms with Gasteiger partial charge in [-0.25, -0.2) is 0 Å². The Kier molecular flexibility index (Phi) is 6.38. The molecule has 1 unspecified atom stereocenters. The largest absolute Gasteiger partial charge is 0.294 e. The topological polar surface area (TPSA) is 84.0 Å². The molecular formula is C15H18N2O3. The van der Waals surface area contributed by atoms with Crippen molar-refractivity contribution in [3.63, 3.8) is 0 Å². The SMILES string of the molecule is Cc1ccc(C(=O)CC(CCCCC#N)[N+](=O)[O-])cc1. The second kappa shape index (κ2) is 8.05. The number of carbonyl (C=O) groups excluding carboxylic acids is 1. The molecule has 1 atom stereocenters. The molecule has 0 aliphatic carbocycles. The van der Waals surface area contributed by atoms with Crippen LogP contribution in [0.15, 0.2) is 24.3 Å². The fourth-order valence-electron chi connectivity index (χ4n) is 1.94. The molecule has 0 aromatic heterocycles. The lowest BCUT2D eigenvalue weighted by atomic mass is 9.99. The van der Waals surface area contributed by atoms with Gasteiger partial charge in [0.15, 0.2) is 5.78 Å². The number of aryl methyl sites for hydroxylation is 1. The van der Waals surface area contributed by atoms with Crippen LogP contribution in [0.25, 0.3) is 0 Å². The van der Waals surface area contributed by atoms with E-state index in [1.807, 2.05) is 25.1 Å². The first-order valence-corrected chi connectivity index (χ1v) is 6.65. The third kappa shape index (κ3) is 5.19. The average molecular weight is 274 g/mol. The fourth-order valence-corrected chi connectivity index (χ4v) is 1.94. The van der Waals surface area contributed by atoms with Gasteiger partial charge in [-0.1, -0.05) is 29.8 Å². The minimum atomic E-state index is -0.859. The number of nitro groups is 1. The van der Waals surface area contributed by atoms with Gasteiger partial charge in [0.1, 0.15) is 0 Å². The van der Waals surface area contributed by atoms with E-state index in [-0.39, 0.29) is 12.2 Å². The second-order valence-electron chi connectivity index (χ2n) is 4.84. The van der Waals surface area contributed by atoms with Gasteiger partial charge in [0.25, 0.3) is 0 Å². The van der Waals surface area contributed by atoms with Crippen molar-refractivity contribution in [2.75, 3.05) is 0 Å². The molecule has 1 aromatic carbocycles. The van der Waals surface area contributed by atoms with Gasteiger partial charge >= 0.3 is 0 Å². The summed E-state index contributed by atoms with van der Waals surface area (Å²) in [6, 6.07) is 8.19. The van der Waals surface area contributed by atoms with E-state index in [1.165, 1.54) is 0 Å². The molecule has 1 aromatic rings. The lowest BCUT2D eigenvalue weighted by Crippen LogP contribution is -2.23. The highest BCUT2D eigenvalue weighted by atomic mass is 16.6. The minimum Gasteiger partial charge on any atom is -0.294 e. The van der Waals surface area contributed by atoms with Gasteiger partial charge in [0.2, 0.25) is 6.04 Å². The molecule has 0 aliphatic rings. The summed E-state index contributed by atoms with van der Waals surface area (Å²) in [6.45, 7) is 1.92. The van der Waals surface area contributed by atoms with Gasteiger partial charge in [0.05, 0.1) is 12.5 Å². The molecule has 0 bridgehead atoms. The summed E-state index contributed by atoms with van der Waals surface area (Å²) in [5.41, 5.74) is 1.56. The van der Waals surface area contributed by atoms with Crippen LogP contribution in [0.5, 0.6) is 0 Å². The Bertz CT molecular complexity index is 503. The lowest BCUT2D eigenvalue weighted by molar-refractivity contribution is -0.522. The van der Waals surface area contributed by atoms with Gasteiger partial charge in [0, 0.05) is 23.3 Å². The van der Waals surface area contributed by atoms with Crippen molar-refractivity contribution >= 4 is 5.78 Å². The highest BCUT2D eigenvalue weighted by molar-refractivity contribution is 5.96. The van der Waals surface area contributed by atoms with E-state index in [1.54, 1.807) is 12.1 Å². The van der Waals surface area contributed by atoms with Gasteiger partial charge in [-0.15, -0.1) is 0 Å². The Morgan fingerprint density at radius 2 is 2.00 bits per heavy atom. The number of hydrogen-bond acceptors (Lipinski definition) is 4. The van der Waals surface area contributed by atoms with Crippen LogP contribution >= 0.6 is 0 Å². The van der Waals surface area contributed by atoms with E-state index in [2.05, 4.69) is 0 Å². The predicted molar refractivity (Wildman–Crippen MR) is 75.0 cm³/mol. The van der Waals surface area contributed by atoms with E-state index in [0.717, 1.165) is 5.56 Å². The number of Topliss-reactive ketones (excluding diaryl/α,β-unsaturated/α-hetero) is 1. The monoisotopic (exact) mass is 274 g/mol. The Balaban J connectivity index is 2.57. The third-order valence-electron chi connectivity index (χ3n) is 3.17. The highest BCUT2D eigenvalue weighted by Gasteiger charge is 2.24. The van der Waals surface area contributed by atoms with Crippen molar-refractivity contribution in [2.45, 2.75) is 45.1 Å². The number of nitrogens with zero attached hydrogens (tertiary/aromatic N) is 2. The first-order chi connectivity index (χ1) is 9.54. The molecular weight excluding hydrogens is 256 g/mol. The summed E-state index contributed by atoms with van der Waals surface area (Å²) in [4.78, 5) is 22.6. The molecule has 0 aliphatic heterocycles. The molecule has 0 amide bonds. The average Bonchev–Trinajstić information content (AvgIpc) is 2.42. The number of hydrogen-bond donors (Lipinski definition) is 0. The zero-order valence-electron chi connectivity index (χ0n) is 11.5. The van der Waals surface area contributed by atoms with Gasteiger partial charge in [-0.3, -0.25) is 14.9 Å². The molecule has 5 nitrogen and oxygen atoms in total. The summed E-state index contributed by atoms with van der Waals surface area (Å²) in [5, 5.41) is 19.4. The third-order valence-corrected chi connectivity index (χ3v) is 3.17. The maximum atomic E-state index is 12.0. The summed E-state index contributed by atoms with van der Waals surface area (Å²) in [5.74, 6) is -0.202. The molecule has 1 rings (SSSR count). The van der Waals surface area contributed by atoms with E-state index >= 15 is 0 Å². The maximum absolute atomic E-state index is 12.0. The molecule has 0 fully saturated rings. The molecule has 0 spiro atoms. The van der Waals surface area contributed by atoms with Crippen LogP contribution < -0.4 is 0 Å². The van der Waals surface area contributed by atoms with Crippen molar-refractivity contribution in [3.8, 4) is 6.07 Å². The molecule has 5 heteroatoms. The van der Waals surface area contributed by atoms with Crippen molar-refractivity contribution in [2.24, 2.45) is 0 Å². The van der Waals surface area contributed by atoms with Crippen molar-refractivity contribution in [1.29, 1.82) is 5.26 Å². The Labute approximate surface area is 118 Å². The number of rotatable bonds is 8. The van der Waals surface area contributed by atoms with Crippen molar-refractivity contribution in [3.05, 3.63) is 45.5 Å². The Hall–Kier alpha value is -2.22. The molecule has 0 N–H and O–H groups in total. The van der Waals surface area contributed by atoms with Crippen LogP contribution in [-0.2, 0) is 0 Å². The van der Waals surface area contributed by atoms with Crippen molar-refractivity contribution in [1.82, 2.24) is 0 Å². The number of benzene rings is 1. The predicted octanol–water partition coefficient (Wildman–Crippen LogP) is 3.30. The standard InChI is InChI=1S/C15H18N2O3/c1-12-6-8-13(9-7-12)15(18)11-14(17(19)20)5-3-2-4-10-16/h6-9,14H,2-5,11H2,1H3. The van der Waals surface area contributed by atoms with Gasteiger partial charge in [-0.05, 0) is 19.8 Å². The van der Waals surface area contributed by atoms with Crippen LogP contribution in [0.3, 0.4) is 0 Å². The van der Waals surface area contributed by atoms with E-state index < -0.39 is 11.0 Å². The van der Waals surface area contributed by atoms with Crippen LogP contribution in [0.1, 0.15) is 48.0 Å². The van der Waals surface area contributed by atoms with Crippen LogP contribution in [0.2, 0.25) is 0 Å². The summed E-state index contributed by atoms with van der Waals surface area (Å²) >= 11 is 0. The summed E-state index contributed by atoms with van der Waals surface area (Å²) < 4.78 is 0. The normalized spacial score (nSPS) is 11.6. The number of nitriles is 1. The van der Waals surface area contributed by atoms with Gasteiger partial charge in [-0.2, -0.15) is 5.26 Å². The number of ketones is 1. The highest BCUT2D eigenvalue weighted by Crippen LogP contribution is 2.14. The number of unbranched alkanes of at least 4 members (excludes halogenated alkanes) is 2. The zero-order valence-corrected chi connectivity index (χ0v) is 11.5. The fraction of sp³-hybridized carbons (Fsp3) is 0.467. The first kappa shape index (κ1) is 15.8. The van der Waals surface area contributed by atoms with Crippen LogP contribution in [-0.4, -0.2) is 16.7 Å². The maximum Gasteiger partial charge on any atom is 0.220 e. The number of carbonyl (C=O) groups is 1. The van der Waals surface area contributed by atoms with Crippen LogP contribution in [0, 0.1) is 28.4 Å². The quantitative estimate of drug-likeness (QED) is 0.315. The smallest absolute Gasteiger partial charge is 0.220 e. The molecule has 0 saturated heterocycles. The molecule has 20 heavy (non-hydrogen) atoms. The van der Waals surface area contributed by atoms with E-state index in [9.17, 15) is 14.9 Å². The molecule has 106 valence electrons. The van der Waals surface area contributed by atoms with Gasteiger partial charge < -0.3 is 0 Å². The molecule has 0 saturated carbocycles. The lowest BCUT2D eigenvalue weighted by Gasteiger charge is -2.08. The van der Waals surface area contributed by atoms with Crippen LogP contribution in [0.4, 0.5) is 0 Å². The van der Waals surface area contributed by atoms with E-state index in [0.29, 0.717) is 31.2 Å². The second-order valence-corrected chi connectivity index (χ2v) is 4.84. The summed E-state index contributed by atoms with van der Waals surface area (Å²) in [7, 11) is 0. The first-order valence-electron chi connectivity index (χ1n) is 6.65. The molecule has 0 heterocycles. The zero-order chi connectivity index (χ0) is 15.0. The van der Waals surface area contributed by atoms with Crippen molar-refractivity contribution < 1.29 is 9.72 Å². The minimum absolute atomic E-state index is 0.0807. The van der Waals surface area contributed by atoms with E-state index in [4.69, 9.17) is 5.26 Å². The summed E-state index contributed by atoms with van der Waals surface area (Å²) in [6.07, 6.45) is 1.89. The Morgan fingerprint density at radius 3 is 2.55 bits per heavy atom.